The highest BCUT2D eigenvalue weighted by Gasteiger charge is 2.29. The van der Waals surface area contributed by atoms with Crippen molar-refractivity contribution in [2.75, 3.05) is 11.9 Å². The molecule has 3 nitrogen and oxygen atoms in total. The summed E-state index contributed by atoms with van der Waals surface area (Å²) in [4.78, 5) is 11.1. The van der Waals surface area contributed by atoms with Crippen LogP contribution in [0.3, 0.4) is 0 Å². The predicted molar refractivity (Wildman–Crippen MR) is 70.7 cm³/mol. The number of aryl methyl sites for hydroxylation is 1. The minimum Gasteiger partial charge on any atom is -0.440 e. The van der Waals surface area contributed by atoms with Crippen molar-refractivity contribution in [3.63, 3.8) is 0 Å². The number of amides is 1. The van der Waals surface area contributed by atoms with Crippen LogP contribution in [0.25, 0.3) is 0 Å². The summed E-state index contributed by atoms with van der Waals surface area (Å²) in [6.07, 6.45) is -1.28. The van der Waals surface area contributed by atoms with Crippen molar-refractivity contribution in [1.82, 2.24) is 0 Å². The summed E-state index contributed by atoms with van der Waals surface area (Å²) in [5, 5.41) is 2.25. The number of carbonyl (C=O) groups is 1. The maximum atomic E-state index is 11.9. The quantitative estimate of drug-likeness (QED) is 0.781. The second-order valence-corrected chi connectivity index (χ2v) is 4.47. The van der Waals surface area contributed by atoms with Crippen LogP contribution in [0.2, 0.25) is 0 Å². The van der Waals surface area contributed by atoms with Crippen molar-refractivity contribution < 1.29 is 22.7 Å². The van der Waals surface area contributed by atoms with E-state index in [0.717, 1.165) is 31.2 Å². The number of anilines is 1. The molecule has 1 aromatic rings. The number of halogens is 3. The van der Waals surface area contributed by atoms with Crippen LogP contribution in [0.5, 0.6) is 0 Å². The van der Waals surface area contributed by atoms with Gasteiger partial charge in [0.1, 0.15) is 0 Å². The molecular weight excluding hydrogens is 271 g/mol. The average Bonchev–Trinajstić information content (AvgIpc) is 2.38. The molecule has 0 saturated heterocycles. The van der Waals surface area contributed by atoms with Crippen molar-refractivity contribution in [3.05, 3.63) is 29.8 Å². The van der Waals surface area contributed by atoms with Crippen molar-refractivity contribution >= 4 is 11.8 Å². The fraction of sp³-hybridized carbons (Fsp3) is 0.500. The van der Waals surface area contributed by atoms with Crippen molar-refractivity contribution in [2.24, 2.45) is 0 Å². The standard InChI is InChI=1S/C14H18F3NO2/c1-2-3-4-5-11-6-8-12(9-7-11)18-13(19)20-10-14(15,16)17/h6-9H,2-5,10H2,1H3,(H,18,19). The third-order valence-corrected chi connectivity index (χ3v) is 2.64. The van der Waals surface area contributed by atoms with E-state index in [1.54, 1.807) is 12.1 Å². The maximum Gasteiger partial charge on any atom is 0.422 e. The van der Waals surface area contributed by atoms with Crippen LogP contribution in [0, 0.1) is 0 Å². The number of carbonyl (C=O) groups excluding carboxylic acids is 1. The molecule has 0 aliphatic heterocycles. The minimum absolute atomic E-state index is 0.413. The van der Waals surface area contributed by atoms with Gasteiger partial charge in [0.05, 0.1) is 0 Å². The molecule has 0 unspecified atom stereocenters. The summed E-state index contributed by atoms with van der Waals surface area (Å²) in [6, 6.07) is 6.98. The normalized spacial score (nSPS) is 11.2. The molecule has 0 fully saturated rings. The monoisotopic (exact) mass is 289 g/mol. The predicted octanol–water partition coefficient (Wildman–Crippen LogP) is 4.53. The van der Waals surface area contributed by atoms with E-state index in [1.807, 2.05) is 12.1 Å². The second kappa shape index (κ2) is 7.77. The van der Waals surface area contributed by atoms with Gasteiger partial charge in [-0.05, 0) is 30.5 Å². The van der Waals surface area contributed by atoms with Crippen LogP contribution in [-0.4, -0.2) is 18.9 Å². The first-order chi connectivity index (χ1) is 9.40. The largest absolute Gasteiger partial charge is 0.440 e. The summed E-state index contributed by atoms with van der Waals surface area (Å²) in [5.74, 6) is 0. The van der Waals surface area contributed by atoms with E-state index in [2.05, 4.69) is 17.0 Å². The Balaban J connectivity index is 2.39. The molecule has 0 saturated carbocycles. The van der Waals surface area contributed by atoms with E-state index in [4.69, 9.17) is 0 Å². The van der Waals surface area contributed by atoms with Gasteiger partial charge in [-0.2, -0.15) is 13.2 Å². The van der Waals surface area contributed by atoms with Crippen LogP contribution in [0.15, 0.2) is 24.3 Å². The highest BCUT2D eigenvalue weighted by molar-refractivity contribution is 5.84. The Morgan fingerprint density at radius 3 is 2.40 bits per heavy atom. The van der Waals surface area contributed by atoms with Gasteiger partial charge in [0, 0.05) is 5.69 Å². The molecule has 0 radical (unpaired) electrons. The van der Waals surface area contributed by atoms with Crippen molar-refractivity contribution in [1.29, 1.82) is 0 Å². The molecule has 0 spiro atoms. The van der Waals surface area contributed by atoms with Gasteiger partial charge in [-0.25, -0.2) is 4.79 Å². The summed E-state index contributed by atoms with van der Waals surface area (Å²) < 4.78 is 39.6. The Bertz CT molecular complexity index is 415. The van der Waals surface area contributed by atoms with E-state index in [0.29, 0.717) is 5.69 Å². The lowest BCUT2D eigenvalue weighted by molar-refractivity contribution is -0.159. The Kier molecular flexibility index (Phi) is 6.35. The van der Waals surface area contributed by atoms with Gasteiger partial charge in [0.2, 0.25) is 0 Å². The first-order valence-electron chi connectivity index (χ1n) is 6.50. The molecular formula is C14H18F3NO2. The van der Waals surface area contributed by atoms with E-state index in [1.165, 1.54) is 0 Å². The molecule has 0 atom stereocenters. The van der Waals surface area contributed by atoms with Gasteiger partial charge < -0.3 is 4.74 Å². The third-order valence-electron chi connectivity index (χ3n) is 2.64. The lowest BCUT2D eigenvalue weighted by Gasteiger charge is -2.09. The third kappa shape index (κ3) is 7.01. The highest BCUT2D eigenvalue weighted by Crippen LogP contribution is 2.16. The minimum atomic E-state index is -4.51. The molecule has 0 aliphatic carbocycles. The maximum absolute atomic E-state index is 11.9. The Hall–Kier alpha value is -1.72. The van der Waals surface area contributed by atoms with Crippen LogP contribution in [-0.2, 0) is 11.2 Å². The fourth-order valence-corrected chi connectivity index (χ4v) is 1.64. The van der Waals surface area contributed by atoms with Gasteiger partial charge in [-0.1, -0.05) is 31.9 Å². The Morgan fingerprint density at radius 1 is 1.20 bits per heavy atom. The second-order valence-electron chi connectivity index (χ2n) is 4.47. The lowest BCUT2D eigenvalue weighted by Crippen LogP contribution is -2.23. The first kappa shape index (κ1) is 16.3. The number of nitrogens with one attached hydrogen (secondary N) is 1. The molecule has 1 aromatic carbocycles. The SMILES string of the molecule is CCCCCc1ccc(NC(=O)OCC(F)(F)F)cc1. The fourth-order valence-electron chi connectivity index (χ4n) is 1.64. The first-order valence-corrected chi connectivity index (χ1v) is 6.50. The zero-order valence-corrected chi connectivity index (χ0v) is 11.3. The number of hydrogen-bond donors (Lipinski definition) is 1. The molecule has 0 heterocycles. The van der Waals surface area contributed by atoms with Crippen molar-refractivity contribution in [3.8, 4) is 0 Å². The Morgan fingerprint density at radius 2 is 1.85 bits per heavy atom. The van der Waals surface area contributed by atoms with Gasteiger partial charge >= 0.3 is 12.3 Å². The molecule has 0 aliphatic rings. The van der Waals surface area contributed by atoms with Crippen LogP contribution >= 0.6 is 0 Å². The van der Waals surface area contributed by atoms with Gasteiger partial charge in [-0.3, -0.25) is 5.32 Å². The van der Waals surface area contributed by atoms with E-state index < -0.39 is 18.9 Å². The molecule has 1 rings (SSSR count). The molecule has 20 heavy (non-hydrogen) atoms. The number of hydrogen-bond acceptors (Lipinski definition) is 2. The average molecular weight is 289 g/mol. The summed E-state index contributed by atoms with van der Waals surface area (Å²) in [7, 11) is 0. The molecule has 0 aromatic heterocycles. The van der Waals surface area contributed by atoms with Crippen LogP contribution in [0.1, 0.15) is 31.7 Å². The lowest BCUT2D eigenvalue weighted by atomic mass is 10.1. The van der Waals surface area contributed by atoms with Crippen LogP contribution in [0.4, 0.5) is 23.7 Å². The number of benzene rings is 1. The number of rotatable bonds is 6. The van der Waals surface area contributed by atoms with Gasteiger partial charge in [-0.15, -0.1) is 0 Å². The number of unbranched alkanes of at least 4 members (excludes halogenated alkanes) is 2. The zero-order chi connectivity index (χ0) is 15.0. The number of ether oxygens (including phenoxy) is 1. The summed E-state index contributed by atoms with van der Waals surface area (Å²) >= 11 is 0. The molecule has 0 bridgehead atoms. The molecule has 1 amide bonds. The van der Waals surface area contributed by atoms with Crippen molar-refractivity contribution in [2.45, 2.75) is 38.8 Å². The van der Waals surface area contributed by atoms with E-state index in [9.17, 15) is 18.0 Å². The highest BCUT2D eigenvalue weighted by atomic mass is 19.4. The van der Waals surface area contributed by atoms with Crippen LogP contribution < -0.4 is 5.32 Å². The zero-order valence-electron chi connectivity index (χ0n) is 11.3. The van der Waals surface area contributed by atoms with Gasteiger partial charge in [0.15, 0.2) is 6.61 Å². The summed E-state index contributed by atoms with van der Waals surface area (Å²) in [5.41, 5.74) is 1.55. The Labute approximate surface area is 116 Å². The number of alkyl halides is 3. The summed E-state index contributed by atoms with van der Waals surface area (Å²) in [6.45, 7) is 0.535. The molecule has 1 N–H and O–H groups in total. The van der Waals surface area contributed by atoms with Gasteiger partial charge in [0.25, 0.3) is 0 Å². The molecule has 112 valence electrons. The molecule has 6 heteroatoms. The van der Waals surface area contributed by atoms with E-state index >= 15 is 0 Å². The van der Waals surface area contributed by atoms with E-state index in [-0.39, 0.29) is 0 Å². The smallest absolute Gasteiger partial charge is 0.422 e. The topological polar surface area (TPSA) is 38.3 Å².